The number of piperidine rings is 1. The summed E-state index contributed by atoms with van der Waals surface area (Å²) in [6.07, 6.45) is 6.19. The Morgan fingerprint density at radius 2 is 2.00 bits per heavy atom. The monoisotopic (exact) mass is 495 g/mol. The highest BCUT2D eigenvalue weighted by atomic mass is 32.2. The molecule has 1 fully saturated rings. The summed E-state index contributed by atoms with van der Waals surface area (Å²) in [5.74, 6) is -1.12. The van der Waals surface area contributed by atoms with Crippen LogP contribution in [-0.4, -0.2) is 55.8 Å². The number of amides is 1. The molecule has 2 aromatic rings. The number of rotatable bonds is 8. The molecule has 2 aliphatic rings. The van der Waals surface area contributed by atoms with Gasteiger partial charge in [-0.1, -0.05) is 0 Å². The molecule has 1 saturated heterocycles. The second-order valence-electron chi connectivity index (χ2n) is 8.24. The van der Waals surface area contributed by atoms with Crippen LogP contribution in [0.1, 0.15) is 58.7 Å². The molecule has 33 heavy (non-hydrogen) atoms. The van der Waals surface area contributed by atoms with E-state index in [1.54, 1.807) is 18.3 Å². The molecule has 0 unspecified atom stereocenters. The molecule has 0 spiro atoms. The summed E-state index contributed by atoms with van der Waals surface area (Å²) in [6, 6.07) is 2.56. The summed E-state index contributed by atoms with van der Waals surface area (Å²) in [7, 11) is -3.87. The van der Waals surface area contributed by atoms with E-state index < -0.39 is 16.0 Å². The Labute approximate surface area is 197 Å². The molecule has 1 aliphatic heterocycles. The van der Waals surface area contributed by atoms with E-state index >= 15 is 0 Å². The molecule has 11 heteroatoms. The average Bonchev–Trinajstić information content (AvgIpc) is 3.47. The number of thiazole rings is 1. The molecule has 0 radical (unpaired) electrons. The number of sulfonamides is 1. The number of nitrogens with one attached hydrogen (secondary N) is 1. The van der Waals surface area contributed by atoms with Crippen LogP contribution in [-0.2, 0) is 38.8 Å². The van der Waals surface area contributed by atoms with Crippen molar-refractivity contribution in [2.75, 3.05) is 26.2 Å². The van der Waals surface area contributed by atoms with E-state index in [0.29, 0.717) is 19.4 Å². The third kappa shape index (κ3) is 5.47. The zero-order valence-corrected chi connectivity index (χ0v) is 20.3. The van der Waals surface area contributed by atoms with Gasteiger partial charge in [-0.15, -0.1) is 11.3 Å². The van der Waals surface area contributed by atoms with Crippen molar-refractivity contribution in [2.24, 2.45) is 5.92 Å². The zero-order chi connectivity index (χ0) is 23.4. The normalized spacial score (nSPS) is 17.5. The maximum Gasteiger partial charge on any atom is 0.374 e. The van der Waals surface area contributed by atoms with Gasteiger partial charge in [-0.25, -0.2) is 18.2 Å². The van der Waals surface area contributed by atoms with Gasteiger partial charge >= 0.3 is 5.97 Å². The van der Waals surface area contributed by atoms with Crippen molar-refractivity contribution < 1.29 is 27.2 Å². The van der Waals surface area contributed by atoms with Gasteiger partial charge in [-0.2, -0.15) is 4.31 Å². The van der Waals surface area contributed by atoms with E-state index in [9.17, 15) is 18.0 Å². The van der Waals surface area contributed by atoms with Gasteiger partial charge in [-0.05, 0) is 57.6 Å². The van der Waals surface area contributed by atoms with Crippen LogP contribution >= 0.6 is 11.3 Å². The van der Waals surface area contributed by atoms with Gasteiger partial charge in [0, 0.05) is 36.9 Å². The number of aromatic nitrogens is 1. The van der Waals surface area contributed by atoms with Gasteiger partial charge in [0.05, 0.1) is 17.3 Å². The van der Waals surface area contributed by atoms with Crippen molar-refractivity contribution in [1.29, 1.82) is 0 Å². The van der Waals surface area contributed by atoms with Gasteiger partial charge < -0.3 is 14.5 Å². The molecule has 1 aliphatic carbocycles. The van der Waals surface area contributed by atoms with Crippen LogP contribution in [0.25, 0.3) is 0 Å². The predicted molar refractivity (Wildman–Crippen MR) is 122 cm³/mol. The highest BCUT2D eigenvalue weighted by Gasteiger charge is 2.34. The second kappa shape index (κ2) is 10.4. The lowest BCUT2D eigenvalue weighted by atomic mass is 9.97. The predicted octanol–water partition coefficient (Wildman–Crippen LogP) is 2.55. The summed E-state index contributed by atoms with van der Waals surface area (Å²) in [4.78, 5) is 30.4. The number of fused-ring (bicyclic) bond motifs is 1. The lowest BCUT2D eigenvalue weighted by Crippen LogP contribution is -2.43. The first kappa shape index (κ1) is 23.9. The number of carbonyl (C=O) groups is 2. The van der Waals surface area contributed by atoms with E-state index in [4.69, 9.17) is 14.1 Å². The number of carbonyl (C=O) groups excluding carboxylic acids is 2. The lowest BCUT2D eigenvalue weighted by Gasteiger charge is -2.29. The highest BCUT2D eigenvalue weighted by molar-refractivity contribution is 7.89. The third-order valence-corrected chi connectivity index (χ3v) is 8.99. The molecule has 9 nitrogen and oxygen atoms in total. The molecular formula is C22H29N3O6S2. The largest absolute Gasteiger partial charge is 0.460 e. The average molecular weight is 496 g/mol. The minimum absolute atomic E-state index is 0.0454. The van der Waals surface area contributed by atoms with Crippen LogP contribution in [0.4, 0.5) is 0 Å². The molecule has 0 saturated carbocycles. The minimum atomic E-state index is -3.87. The fourth-order valence-electron chi connectivity index (χ4n) is 4.21. The zero-order valence-electron chi connectivity index (χ0n) is 18.7. The van der Waals surface area contributed by atoms with Crippen LogP contribution in [0.5, 0.6) is 0 Å². The number of hydrogen-bond acceptors (Lipinski definition) is 8. The Kier molecular flexibility index (Phi) is 7.50. The molecule has 1 amide bonds. The summed E-state index contributed by atoms with van der Waals surface area (Å²) in [5, 5.41) is 3.76. The molecule has 3 heterocycles. The molecule has 0 atom stereocenters. The van der Waals surface area contributed by atoms with Crippen molar-refractivity contribution in [3.05, 3.63) is 33.5 Å². The van der Waals surface area contributed by atoms with Crippen LogP contribution < -0.4 is 5.32 Å². The van der Waals surface area contributed by atoms with Crippen molar-refractivity contribution in [2.45, 2.75) is 57.0 Å². The topological polar surface area (TPSA) is 119 Å². The quantitative estimate of drug-likeness (QED) is 0.559. The number of esters is 1. The summed E-state index contributed by atoms with van der Waals surface area (Å²) >= 11 is 1.76. The number of hydrogen-bond donors (Lipinski definition) is 1. The van der Waals surface area contributed by atoms with Gasteiger partial charge in [0.15, 0.2) is 0 Å². The first-order chi connectivity index (χ1) is 15.9. The van der Waals surface area contributed by atoms with E-state index in [2.05, 4.69) is 5.32 Å². The molecule has 4 rings (SSSR count). The van der Waals surface area contributed by atoms with Crippen LogP contribution in [0.2, 0.25) is 0 Å². The van der Waals surface area contributed by atoms with Crippen molar-refractivity contribution in [3.63, 3.8) is 0 Å². The second-order valence-corrected chi connectivity index (χ2v) is 11.3. The number of nitrogens with zero attached hydrogens (tertiary/aromatic N) is 2. The van der Waals surface area contributed by atoms with E-state index in [1.807, 2.05) is 0 Å². The molecular weight excluding hydrogens is 466 g/mol. The molecule has 0 bridgehead atoms. The van der Waals surface area contributed by atoms with E-state index in [0.717, 1.165) is 24.3 Å². The summed E-state index contributed by atoms with van der Waals surface area (Å²) in [5.41, 5.74) is 1.23. The molecule has 180 valence electrons. The Morgan fingerprint density at radius 3 is 2.73 bits per heavy atom. The standard InChI is InChI=1S/C22H29N3O6S2/c1-2-30-22(27)17-7-8-20(31-17)33(28,29)25-13-10-15(11-14-25)21(26)23-12-9-19-24-16-5-3-4-6-18(16)32-19/h7-8,15H,2-6,9-14H2,1H3,(H,23,26). The Hall–Kier alpha value is -2.24. The molecule has 1 N–H and O–H groups in total. The fourth-order valence-corrected chi connectivity index (χ4v) is 6.74. The maximum atomic E-state index is 12.8. The molecule has 0 aromatic carbocycles. The minimum Gasteiger partial charge on any atom is -0.460 e. The van der Waals surface area contributed by atoms with Gasteiger partial charge in [0.25, 0.3) is 10.0 Å². The maximum absolute atomic E-state index is 12.8. The Bertz CT molecular complexity index is 1080. The number of aryl methyl sites for hydroxylation is 2. The summed E-state index contributed by atoms with van der Waals surface area (Å²) < 4.78 is 37.0. The molecule has 2 aromatic heterocycles. The van der Waals surface area contributed by atoms with Crippen molar-refractivity contribution in [1.82, 2.24) is 14.6 Å². The van der Waals surface area contributed by atoms with E-state index in [-0.39, 0.29) is 42.4 Å². The lowest BCUT2D eigenvalue weighted by molar-refractivity contribution is -0.126. The highest BCUT2D eigenvalue weighted by Crippen LogP contribution is 2.27. The van der Waals surface area contributed by atoms with Crippen molar-refractivity contribution >= 4 is 33.2 Å². The summed E-state index contributed by atoms with van der Waals surface area (Å²) in [6.45, 7) is 2.80. The van der Waals surface area contributed by atoms with Crippen molar-refractivity contribution in [3.8, 4) is 0 Å². The SMILES string of the molecule is CCOC(=O)c1ccc(S(=O)(=O)N2CCC(C(=O)NCCc3nc4c(s3)CCCC4)CC2)o1. The van der Waals surface area contributed by atoms with Gasteiger partial charge in [-0.3, -0.25) is 4.79 Å². The first-order valence-corrected chi connectivity index (χ1v) is 13.7. The number of furan rings is 1. The van der Waals surface area contributed by atoms with Gasteiger partial charge in [0.2, 0.25) is 16.8 Å². The van der Waals surface area contributed by atoms with Crippen LogP contribution in [0.15, 0.2) is 21.6 Å². The Balaban J connectivity index is 1.25. The fraction of sp³-hybridized carbons (Fsp3) is 0.591. The van der Waals surface area contributed by atoms with E-state index in [1.165, 1.54) is 39.9 Å². The van der Waals surface area contributed by atoms with Crippen LogP contribution in [0, 0.1) is 5.92 Å². The number of ether oxygens (including phenoxy) is 1. The third-order valence-electron chi connectivity index (χ3n) is 6.00. The van der Waals surface area contributed by atoms with Gasteiger partial charge in [0.1, 0.15) is 0 Å². The first-order valence-electron chi connectivity index (χ1n) is 11.4. The smallest absolute Gasteiger partial charge is 0.374 e. The van der Waals surface area contributed by atoms with Crippen LogP contribution in [0.3, 0.4) is 0 Å². The Morgan fingerprint density at radius 1 is 1.24 bits per heavy atom.